The summed E-state index contributed by atoms with van der Waals surface area (Å²) in [7, 11) is 0.152. The first-order chi connectivity index (χ1) is 7.04. The lowest BCUT2D eigenvalue weighted by Gasteiger charge is -2.06. The summed E-state index contributed by atoms with van der Waals surface area (Å²) in [4.78, 5) is 11.5. The third kappa shape index (κ3) is 3.32. The van der Waals surface area contributed by atoms with E-state index < -0.39 is 11.0 Å². The molecule has 0 heterocycles. The molecule has 0 radical (unpaired) electrons. The van der Waals surface area contributed by atoms with E-state index >= 15 is 0 Å². The Morgan fingerprint density at radius 1 is 1.53 bits per heavy atom. The SMILES string of the molecule is COc1cc(C(=O)NS(C)=O)ccc1Br. The molecule has 82 valence electrons. The molecule has 0 saturated heterocycles. The van der Waals surface area contributed by atoms with Gasteiger partial charge >= 0.3 is 0 Å². The van der Waals surface area contributed by atoms with Gasteiger partial charge in [-0.25, -0.2) is 4.21 Å². The topological polar surface area (TPSA) is 55.4 Å². The fourth-order valence-corrected chi connectivity index (χ4v) is 1.78. The summed E-state index contributed by atoms with van der Waals surface area (Å²) in [6.45, 7) is 0. The van der Waals surface area contributed by atoms with E-state index in [1.807, 2.05) is 0 Å². The number of hydrogen-bond donors (Lipinski definition) is 1. The van der Waals surface area contributed by atoms with Crippen LogP contribution in [0.4, 0.5) is 0 Å². The largest absolute Gasteiger partial charge is 0.496 e. The molecule has 0 saturated carbocycles. The zero-order chi connectivity index (χ0) is 11.4. The van der Waals surface area contributed by atoms with E-state index in [0.717, 1.165) is 4.47 Å². The highest BCUT2D eigenvalue weighted by Gasteiger charge is 2.09. The molecule has 1 rings (SSSR count). The maximum Gasteiger partial charge on any atom is 0.263 e. The van der Waals surface area contributed by atoms with E-state index in [1.54, 1.807) is 18.2 Å². The molecule has 1 N–H and O–H groups in total. The first-order valence-electron chi connectivity index (χ1n) is 4.02. The number of rotatable bonds is 3. The highest BCUT2D eigenvalue weighted by molar-refractivity contribution is 9.10. The molecule has 0 aliphatic rings. The predicted octanol–water partition coefficient (Wildman–Crippen LogP) is 1.48. The Morgan fingerprint density at radius 3 is 2.73 bits per heavy atom. The van der Waals surface area contributed by atoms with Crippen molar-refractivity contribution < 1.29 is 13.7 Å². The van der Waals surface area contributed by atoms with Crippen molar-refractivity contribution in [1.82, 2.24) is 4.72 Å². The van der Waals surface area contributed by atoms with Crippen LogP contribution in [-0.4, -0.2) is 23.5 Å². The average molecular weight is 292 g/mol. The van der Waals surface area contributed by atoms with Gasteiger partial charge in [0.15, 0.2) is 0 Å². The van der Waals surface area contributed by atoms with Crippen molar-refractivity contribution in [2.75, 3.05) is 13.4 Å². The van der Waals surface area contributed by atoms with Gasteiger partial charge in [0.25, 0.3) is 5.91 Å². The summed E-state index contributed by atoms with van der Waals surface area (Å²) in [5.41, 5.74) is 0.408. The van der Waals surface area contributed by atoms with Gasteiger partial charge < -0.3 is 4.74 Å². The van der Waals surface area contributed by atoms with Crippen molar-refractivity contribution in [3.63, 3.8) is 0 Å². The second-order valence-electron chi connectivity index (χ2n) is 2.73. The summed E-state index contributed by atoms with van der Waals surface area (Å²) in [5.74, 6) is 0.172. The number of hydrogen-bond acceptors (Lipinski definition) is 3. The van der Waals surface area contributed by atoms with Crippen molar-refractivity contribution in [2.24, 2.45) is 0 Å². The van der Waals surface area contributed by atoms with E-state index in [9.17, 15) is 9.00 Å². The zero-order valence-corrected chi connectivity index (χ0v) is 10.6. The lowest BCUT2D eigenvalue weighted by Crippen LogP contribution is -2.24. The van der Waals surface area contributed by atoms with Gasteiger partial charge in [-0.05, 0) is 34.1 Å². The van der Waals surface area contributed by atoms with Crippen LogP contribution in [0.15, 0.2) is 22.7 Å². The summed E-state index contributed by atoms with van der Waals surface area (Å²) in [6.07, 6.45) is 1.40. The van der Waals surface area contributed by atoms with Crippen LogP contribution in [0.3, 0.4) is 0 Å². The van der Waals surface area contributed by atoms with Gasteiger partial charge in [-0.1, -0.05) is 0 Å². The molecule has 1 aromatic rings. The summed E-state index contributed by atoms with van der Waals surface area (Å²) < 4.78 is 18.9. The Bertz CT molecular complexity index is 408. The molecule has 6 heteroatoms. The zero-order valence-electron chi connectivity index (χ0n) is 8.24. The first kappa shape index (κ1) is 12.2. The molecule has 0 spiro atoms. The van der Waals surface area contributed by atoms with Crippen LogP contribution in [-0.2, 0) is 11.0 Å². The Morgan fingerprint density at radius 2 is 2.20 bits per heavy atom. The molecule has 1 amide bonds. The van der Waals surface area contributed by atoms with Crippen LogP contribution in [0.5, 0.6) is 5.75 Å². The van der Waals surface area contributed by atoms with Gasteiger partial charge in [0.05, 0.1) is 11.6 Å². The van der Waals surface area contributed by atoms with E-state index in [2.05, 4.69) is 20.7 Å². The van der Waals surface area contributed by atoms with Crippen molar-refractivity contribution in [3.05, 3.63) is 28.2 Å². The number of halogens is 1. The Hall–Kier alpha value is -0.880. The fourth-order valence-electron chi connectivity index (χ4n) is 0.990. The minimum atomic E-state index is -1.36. The van der Waals surface area contributed by atoms with Crippen LogP contribution in [0.1, 0.15) is 10.4 Å². The number of ether oxygens (including phenoxy) is 1. The number of carbonyl (C=O) groups is 1. The molecule has 0 aromatic heterocycles. The number of methoxy groups -OCH3 is 1. The minimum absolute atomic E-state index is 0.387. The van der Waals surface area contributed by atoms with E-state index in [4.69, 9.17) is 4.74 Å². The van der Waals surface area contributed by atoms with E-state index in [0.29, 0.717) is 11.3 Å². The van der Waals surface area contributed by atoms with E-state index in [-0.39, 0.29) is 5.91 Å². The van der Waals surface area contributed by atoms with E-state index in [1.165, 1.54) is 13.4 Å². The Labute approximate surface area is 98.7 Å². The molecule has 0 aliphatic carbocycles. The van der Waals surface area contributed by atoms with Crippen molar-refractivity contribution in [3.8, 4) is 5.75 Å². The highest BCUT2D eigenvalue weighted by atomic mass is 79.9. The van der Waals surface area contributed by atoms with Crippen LogP contribution in [0.25, 0.3) is 0 Å². The van der Waals surface area contributed by atoms with Crippen molar-refractivity contribution in [1.29, 1.82) is 0 Å². The molecule has 15 heavy (non-hydrogen) atoms. The Kier molecular flexibility index (Phi) is 4.28. The lowest BCUT2D eigenvalue weighted by molar-refractivity contribution is 0.0982. The standard InChI is InChI=1S/C9H10BrNO3S/c1-14-8-5-6(3-4-7(8)10)9(12)11-15(2)13/h3-5H,1-2H3,(H,11,12). The van der Waals surface area contributed by atoms with Gasteiger partial charge in [0, 0.05) is 11.8 Å². The average Bonchev–Trinajstić information content (AvgIpc) is 2.17. The monoisotopic (exact) mass is 291 g/mol. The number of amides is 1. The highest BCUT2D eigenvalue weighted by Crippen LogP contribution is 2.25. The second-order valence-corrected chi connectivity index (χ2v) is 4.70. The summed E-state index contributed by atoms with van der Waals surface area (Å²) in [5, 5.41) is 0. The number of carbonyl (C=O) groups excluding carboxylic acids is 1. The van der Waals surface area contributed by atoms with Crippen LogP contribution in [0.2, 0.25) is 0 Å². The quantitative estimate of drug-likeness (QED) is 0.918. The lowest BCUT2D eigenvalue weighted by atomic mass is 10.2. The Balaban J connectivity index is 2.95. The molecular formula is C9H10BrNO3S. The third-order valence-corrected chi connectivity index (χ3v) is 2.78. The van der Waals surface area contributed by atoms with Gasteiger partial charge in [-0.3, -0.25) is 9.52 Å². The second kappa shape index (κ2) is 5.27. The number of nitrogens with one attached hydrogen (secondary N) is 1. The molecule has 0 bridgehead atoms. The smallest absolute Gasteiger partial charge is 0.263 e. The third-order valence-electron chi connectivity index (χ3n) is 1.65. The maximum absolute atomic E-state index is 11.5. The predicted molar refractivity (Wildman–Crippen MR) is 62.2 cm³/mol. The van der Waals surface area contributed by atoms with Gasteiger partial charge in [-0.15, -0.1) is 0 Å². The molecule has 1 aromatic carbocycles. The summed E-state index contributed by atoms with van der Waals surface area (Å²) in [6, 6.07) is 4.90. The molecule has 1 unspecified atom stereocenters. The first-order valence-corrected chi connectivity index (χ1v) is 6.37. The summed E-state index contributed by atoms with van der Waals surface area (Å²) >= 11 is 3.27. The van der Waals surface area contributed by atoms with Crippen LogP contribution in [0, 0.1) is 0 Å². The normalized spacial score (nSPS) is 11.9. The molecule has 1 atom stereocenters. The van der Waals surface area contributed by atoms with Crippen LogP contribution >= 0.6 is 15.9 Å². The van der Waals surface area contributed by atoms with Crippen molar-refractivity contribution >= 4 is 32.8 Å². The van der Waals surface area contributed by atoms with Crippen LogP contribution < -0.4 is 9.46 Å². The number of benzene rings is 1. The molecule has 0 fully saturated rings. The van der Waals surface area contributed by atoms with Gasteiger partial charge in [0.2, 0.25) is 0 Å². The minimum Gasteiger partial charge on any atom is -0.496 e. The molecule has 0 aliphatic heterocycles. The van der Waals surface area contributed by atoms with Crippen molar-refractivity contribution in [2.45, 2.75) is 0 Å². The molecule has 4 nitrogen and oxygen atoms in total. The van der Waals surface area contributed by atoms with Gasteiger partial charge in [0.1, 0.15) is 16.7 Å². The van der Waals surface area contributed by atoms with Gasteiger partial charge in [-0.2, -0.15) is 0 Å². The fraction of sp³-hybridized carbons (Fsp3) is 0.222. The maximum atomic E-state index is 11.5. The molecular weight excluding hydrogens is 282 g/mol.